The Bertz CT molecular complexity index is 356. The number of hydrogen-bond acceptors (Lipinski definition) is 5. The minimum Gasteiger partial charge on any atom is -0.388 e. The van der Waals surface area contributed by atoms with E-state index in [-0.39, 0.29) is 6.23 Å². The van der Waals surface area contributed by atoms with Gasteiger partial charge in [0.1, 0.15) is 12.3 Å². The number of aliphatic hydroxyl groups excluding tert-OH is 2. The number of hydroxylamine groups is 1. The van der Waals surface area contributed by atoms with Gasteiger partial charge in [-0.2, -0.15) is 5.48 Å². The summed E-state index contributed by atoms with van der Waals surface area (Å²) in [5, 5.41) is 20.4. The van der Waals surface area contributed by atoms with Crippen LogP contribution in [0, 0.1) is 0 Å². The first-order valence-electron chi connectivity index (χ1n) is 5.67. The van der Waals surface area contributed by atoms with Crippen LogP contribution in [0.2, 0.25) is 0 Å². The quantitative estimate of drug-likeness (QED) is 0.505. The van der Waals surface area contributed by atoms with Gasteiger partial charge in [0.25, 0.3) is 0 Å². The molecule has 2 fully saturated rings. The maximum Gasteiger partial charge on any atom is 0.117 e. The highest BCUT2D eigenvalue weighted by Crippen LogP contribution is 2.28. The van der Waals surface area contributed by atoms with Crippen LogP contribution in [-0.4, -0.2) is 35.7 Å². The molecule has 0 saturated carbocycles. The molecule has 1 aromatic rings. The molecule has 2 aliphatic heterocycles. The largest absolute Gasteiger partial charge is 0.388 e. The molecule has 0 aromatic heterocycles. The highest BCUT2D eigenvalue weighted by atomic mass is 16.7. The summed E-state index contributed by atoms with van der Waals surface area (Å²) < 4.78 is 0. The predicted molar refractivity (Wildman–Crippen MR) is 62.9 cm³/mol. The van der Waals surface area contributed by atoms with Crippen molar-refractivity contribution in [2.75, 3.05) is 13.2 Å². The van der Waals surface area contributed by atoms with Crippen molar-refractivity contribution in [1.29, 1.82) is 0 Å². The van der Waals surface area contributed by atoms with E-state index in [0.29, 0.717) is 6.61 Å². The maximum absolute atomic E-state index is 9.71. The average Bonchev–Trinajstić information content (AvgIpc) is 3.05. The minimum absolute atomic E-state index is 0.167. The highest BCUT2D eigenvalue weighted by Gasteiger charge is 2.40. The van der Waals surface area contributed by atoms with E-state index in [1.165, 1.54) is 0 Å². The Morgan fingerprint density at radius 3 is 2.29 bits per heavy atom. The van der Waals surface area contributed by atoms with Gasteiger partial charge in [-0.15, -0.1) is 0 Å². The second-order valence-electron chi connectivity index (χ2n) is 4.42. The van der Waals surface area contributed by atoms with Crippen LogP contribution in [0.25, 0.3) is 0 Å². The summed E-state index contributed by atoms with van der Waals surface area (Å²) in [5.41, 5.74) is 3.42. The van der Waals surface area contributed by atoms with Gasteiger partial charge in [0.15, 0.2) is 0 Å². The van der Waals surface area contributed by atoms with E-state index in [9.17, 15) is 5.11 Å². The lowest BCUT2D eigenvalue weighted by Gasteiger charge is -2.26. The molecule has 2 unspecified atom stereocenters. The van der Waals surface area contributed by atoms with Crippen LogP contribution >= 0.6 is 0 Å². The maximum atomic E-state index is 9.71. The van der Waals surface area contributed by atoms with E-state index in [1.54, 1.807) is 0 Å². The van der Waals surface area contributed by atoms with Crippen LogP contribution in [0.3, 0.4) is 0 Å². The van der Waals surface area contributed by atoms with Crippen molar-refractivity contribution in [3.8, 4) is 0 Å². The lowest BCUT2D eigenvalue weighted by Crippen LogP contribution is -2.41. The molecule has 0 aliphatic carbocycles. The zero-order valence-electron chi connectivity index (χ0n) is 9.76. The zero-order chi connectivity index (χ0) is 12.3. The summed E-state index contributed by atoms with van der Waals surface area (Å²) >= 11 is 0. The minimum atomic E-state index is -0.491. The molecule has 5 heteroatoms. The summed E-state index contributed by atoms with van der Waals surface area (Å²) in [4.78, 5) is 5.03. The molecule has 5 nitrogen and oxygen atoms in total. The van der Waals surface area contributed by atoms with Gasteiger partial charge in [-0.1, -0.05) is 30.3 Å². The molecule has 0 radical (unpaired) electrons. The van der Waals surface area contributed by atoms with Crippen molar-refractivity contribution < 1.29 is 15.1 Å². The fourth-order valence-corrected chi connectivity index (χ4v) is 1.59. The van der Waals surface area contributed by atoms with Gasteiger partial charge in [0, 0.05) is 6.54 Å². The van der Waals surface area contributed by atoms with Crippen LogP contribution in [0.1, 0.15) is 12.5 Å². The summed E-state index contributed by atoms with van der Waals surface area (Å²) in [6.07, 6.45) is -0.658. The average molecular weight is 238 g/mol. The number of hydrogen-bond donors (Lipinski definition) is 4. The van der Waals surface area contributed by atoms with E-state index < -0.39 is 11.6 Å². The molecule has 3 atom stereocenters. The molecule has 94 valence electrons. The van der Waals surface area contributed by atoms with E-state index in [2.05, 4.69) is 10.8 Å². The first kappa shape index (κ1) is 12.5. The van der Waals surface area contributed by atoms with Crippen LogP contribution in [-0.2, 0) is 10.4 Å². The second kappa shape index (κ2) is 5.12. The van der Waals surface area contributed by atoms with Crippen molar-refractivity contribution in [2.24, 2.45) is 0 Å². The van der Waals surface area contributed by atoms with Crippen molar-refractivity contribution in [3.05, 3.63) is 35.9 Å². The normalized spacial score (nSPS) is 35.0. The van der Waals surface area contributed by atoms with E-state index in [4.69, 9.17) is 9.94 Å². The van der Waals surface area contributed by atoms with Crippen molar-refractivity contribution in [2.45, 2.75) is 24.8 Å². The smallest absolute Gasteiger partial charge is 0.117 e. The lowest BCUT2D eigenvalue weighted by atomic mass is 9.88. The predicted octanol–water partition coefficient (Wildman–Crippen LogP) is -0.295. The molecular weight excluding hydrogens is 220 g/mol. The first-order valence-corrected chi connectivity index (χ1v) is 5.67. The molecule has 17 heavy (non-hydrogen) atoms. The van der Waals surface area contributed by atoms with Crippen LogP contribution in [0.15, 0.2) is 30.3 Å². The molecule has 2 saturated heterocycles. The Kier molecular flexibility index (Phi) is 3.76. The number of nitrogens with one attached hydrogen (secondary N) is 2. The van der Waals surface area contributed by atoms with Crippen molar-refractivity contribution in [3.63, 3.8) is 0 Å². The molecule has 0 bridgehead atoms. The number of β-amino-alcohol motifs (C(OH)–C–C–N with tert-alkyl or cyclic N) is 1. The molecule has 1 aromatic carbocycles. The van der Waals surface area contributed by atoms with Gasteiger partial charge in [-0.3, -0.25) is 10.2 Å². The Labute approximate surface area is 100 Å². The zero-order valence-corrected chi connectivity index (χ0v) is 9.76. The first-order chi connectivity index (χ1) is 8.13. The third-order valence-corrected chi connectivity index (χ3v) is 2.95. The lowest BCUT2D eigenvalue weighted by molar-refractivity contribution is 0.0653. The SMILES string of the molecule is CC1(c2ccccc2)NOC[C@H]1O.OC1CN1. The molecule has 2 heterocycles. The second-order valence-corrected chi connectivity index (χ2v) is 4.42. The Balaban J connectivity index is 0.000000228. The van der Waals surface area contributed by atoms with Gasteiger partial charge >= 0.3 is 0 Å². The van der Waals surface area contributed by atoms with Crippen molar-refractivity contribution >= 4 is 0 Å². The Morgan fingerprint density at radius 2 is 1.88 bits per heavy atom. The van der Waals surface area contributed by atoms with Gasteiger partial charge in [0.05, 0.1) is 12.1 Å². The van der Waals surface area contributed by atoms with Crippen LogP contribution in [0.4, 0.5) is 0 Å². The number of rotatable bonds is 1. The fourth-order valence-electron chi connectivity index (χ4n) is 1.59. The Hall–Kier alpha value is -0.980. The molecular formula is C12H18N2O3. The van der Waals surface area contributed by atoms with E-state index >= 15 is 0 Å². The third-order valence-electron chi connectivity index (χ3n) is 2.95. The summed E-state index contributed by atoms with van der Waals surface area (Å²) in [6, 6.07) is 9.81. The van der Waals surface area contributed by atoms with Gasteiger partial charge in [0.2, 0.25) is 0 Å². The van der Waals surface area contributed by atoms with Crippen molar-refractivity contribution in [1.82, 2.24) is 10.8 Å². The van der Waals surface area contributed by atoms with Crippen LogP contribution in [0.5, 0.6) is 0 Å². The van der Waals surface area contributed by atoms with Crippen LogP contribution < -0.4 is 10.8 Å². The number of benzene rings is 1. The van der Waals surface area contributed by atoms with Gasteiger partial charge < -0.3 is 10.2 Å². The van der Waals surface area contributed by atoms with Gasteiger partial charge in [-0.05, 0) is 12.5 Å². The Morgan fingerprint density at radius 1 is 1.29 bits per heavy atom. The molecule has 3 rings (SSSR count). The summed E-state index contributed by atoms with van der Waals surface area (Å²) in [6.45, 7) is 3.06. The molecule has 0 spiro atoms. The highest BCUT2D eigenvalue weighted by molar-refractivity contribution is 5.25. The standard InChI is InChI=1S/C10H13NO2.C2H5NO/c1-10(9(12)7-13-11-10)8-5-3-2-4-6-8;4-2-1-3-2/h2-6,9,11-12H,7H2,1H3;2-4H,1H2/t9-,10?;/m1./s1. The van der Waals surface area contributed by atoms with E-state index in [1.807, 2.05) is 37.3 Å². The monoisotopic (exact) mass is 238 g/mol. The topological polar surface area (TPSA) is 83.7 Å². The molecule has 0 amide bonds. The summed E-state index contributed by atoms with van der Waals surface area (Å²) in [5.74, 6) is 0. The fraction of sp³-hybridized carbons (Fsp3) is 0.500. The van der Waals surface area contributed by atoms with E-state index in [0.717, 1.165) is 12.1 Å². The van der Waals surface area contributed by atoms with Gasteiger partial charge in [-0.25, -0.2) is 0 Å². The third kappa shape index (κ3) is 3.02. The molecule has 2 aliphatic rings. The summed E-state index contributed by atoms with van der Waals surface area (Å²) in [7, 11) is 0. The number of aliphatic hydroxyl groups is 2. The molecule has 4 N–H and O–H groups in total.